The lowest BCUT2D eigenvalue weighted by molar-refractivity contribution is 1.50. The van der Waals surface area contributed by atoms with Gasteiger partial charge >= 0.3 is 0 Å². The zero-order valence-corrected chi connectivity index (χ0v) is 10.2. The zero-order valence-electron chi connectivity index (χ0n) is 8.60. The number of hydrogen-bond donors (Lipinski definition) is 0. The van der Waals surface area contributed by atoms with Crippen molar-refractivity contribution in [3.05, 3.63) is 54.6 Å². The summed E-state index contributed by atoms with van der Waals surface area (Å²) in [6.07, 6.45) is 0. The van der Waals surface area contributed by atoms with Crippen molar-refractivity contribution in [3.63, 3.8) is 0 Å². The topological polar surface area (TPSA) is 12.9 Å². The molecule has 0 aliphatic carbocycles. The Balaban J connectivity index is 0.000000457. The van der Waals surface area contributed by atoms with Crippen molar-refractivity contribution in [2.75, 3.05) is 0 Å². The Morgan fingerprint density at radius 1 is 0.750 bits per heavy atom. The van der Waals surface area contributed by atoms with E-state index in [1.807, 2.05) is 36.4 Å². The lowest BCUT2D eigenvalue weighted by Crippen LogP contribution is -1.80. The smallest absolute Gasteiger partial charge is 0.176 e. The SMILES string of the molecule is [B]Br.c1ccc2nc3ccccc3cc2c1. The number of hydrogen-bond acceptors (Lipinski definition) is 1. The van der Waals surface area contributed by atoms with Gasteiger partial charge in [-0.3, -0.25) is 0 Å². The first-order valence-electron chi connectivity index (χ1n) is 4.90. The van der Waals surface area contributed by atoms with Crippen LogP contribution < -0.4 is 0 Å². The maximum Gasteiger partial charge on any atom is 0.176 e. The minimum Gasteiger partial charge on any atom is -0.248 e. The molecule has 0 N–H and O–H groups in total. The predicted octanol–water partition coefficient (Wildman–Crippen LogP) is 3.85. The Morgan fingerprint density at radius 3 is 1.69 bits per heavy atom. The van der Waals surface area contributed by atoms with E-state index in [0.29, 0.717) is 0 Å². The van der Waals surface area contributed by atoms with E-state index in [1.54, 1.807) is 0 Å². The van der Waals surface area contributed by atoms with Crippen molar-refractivity contribution >= 4 is 44.2 Å². The third-order valence-corrected chi connectivity index (χ3v) is 2.43. The van der Waals surface area contributed by atoms with Crippen LogP contribution in [-0.4, -0.2) is 11.7 Å². The van der Waals surface area contributed by atoms with Crippen LogP contribution in [0.3, 0.4) is 0 Å². The quantitative estimate of drug-likeness (QED) is 0.446. The molecule has 16 heavy (non-hydrogen) atoms. The fourth-order valence-electron chi connectivity index (χ4n) is 1.72. The molecule has 3 heteroatoms. The van der Waals surface area contributed by atoms with Crippen molar-refractivity contribution in [2.45, 2.75) is 0 Å². The highest BCUT2D eigenvalue weighted by molar-refractivity contribution is 9.22. The van der Waals surface area contributed by atoms with Gasteiger partial charge in [0.1, 0.15) is 0 Å². The molecule has 0 spiro atoms. The Hall–Kier alpha value is -1.35. The van der Waals surface area contributed by atoms with Gasteiger partial charge in [-0.05, 0) is 18.2 Å². The molecule has 2 aromatic carbocycles. The van der Waals surface area contributed by atoms with Gasteiger partial charge in [0.15, 0.2) is 6.67 Å². The average Bonchev–Trinajstić information content (AvgIpc) is 2.38. The maximum atomic E-state index is 4.58. The second-order valence-electron chi connectivity index (χ2n) is 3.37. The normalized spacial score (nSPS) is 9.81. The van der Waals surface area contributed by atoms with Crippen molar-refractivity contribution in [1.82, 2.24) is 4.98 Å². The first-order valence-corrected chi connectivity index (χ1v) is 5.81. The molecule has 0 atom stereocenters. The van der Waals surface area contributed by atoms with Crippen LogP contribution in [0.2, 0.25) is 0 Å². The van der Waals surface area contributed by atoms with Crippen molar-refractivity contribution in [1.29, 1.82) is 0 Å². The molecule has 0 amide bonds. The number of halogens is 1. The van der Waals surface area contributed by atoms with Gasteiger partial charge in [-0.25, -0.2) is 4.98 Å². The summed E-state index contributed by atoms with van der Waals surface area (Å²) in [5, 5.41) is 2.40. The third-order valence-electron chi connectivity index (χ3n) is 2.43. The summed E-state index contributed by atoms with van der Waals surface area (Å²) in [7, 11) is 0. The van der Waals surface area contributed by atoms with E-state index in [1.165, 1.54) is 10.8 Å². The molecular weight excluding hydrogens is 261 g/mol. The molecule has 76 valence electrons. The van der Waals surface area contributed by atoms with E-state index in [0.717, 1.165) is 11.0 Å². The van der Waals surface area contributed by atoms with Gasteiger partial charge in [0.2, 0.25) is 0 Å². The Kier molecular flexibility index (Phi) is 3.57. The number of fused-ring (bicyclic) bond motifs is 2. The van der Waals surface area contributed by atoms with Gasteiger partial charge in [-0.2, -0.15) is 15.8 Å². The van der Waals surface area contributed by atoms with Crippen LogP contribution in [0.4, 0.5) is 0 Å². The van der Waals surface area contributed by atoms with E-state index < -0.39 is 0 Å². The van der Waals surface area contributed by atoms with Gasteiger partial charge in [-0.15, -0.1) is 0 Å². The summed E-state index contributed by atoms with van der Waals surface area (Å²) in [6, 6.07) is 18.6. The zero-order chi connectivity index (χ0) is 11.4. The molecule has 0 bridgehead atoms. The minimum absolute atomic E-state index is 1.06. The summed E-state index contributed by atoms with van der Waals surface area (Å²) in [4.78, 5) is 4.58. The van der Waals surface area contributed by atoms with E-state index in [-0.39, 0.29) is 0 Å². The largest absolute Gasteiger partial charge is 0.248 e. The molecule has 3 rings (SSSR count). The number of nitrogens with zero attached hydrogens (tertiary/aromatic N) is 1. The molecular formula is C13H9BBrN. The summed E-state index contributed by atoms with van der Waals surface area (Å²) >= 11 is 2.44. The van der Waals surface area contributed by atoms with Gasteiger partial charge in [0, 0.05) is 10.8 Å². The second kappa shape index (κ2) is 5.13. The lowest BCUT2D eigenvalue weighted by Gasteiger charge is -1.99. The van der Waals surface area contributed by atoms with E-state index >= 15 is 0 Å². The monoisotopic (exact) mass is 269 g/mol. The summed E-state index contributed by atoms with van der Waals surface area (Å²) < 4.78 is 0. The van der Waals surface area contributed by atoms with Crippen LogP contribution in [0, 0.1) is 0 Å². The molecule has 0 saturated heterocycles. The number of benzene rings is 2. The van der Waals surface area contributed by atoms with Gasteiger partial charge in [0.25, 0.3) is 0 Å². The van der Waals surface area contributed by atoms with Crippen LogP contribution in [0.25, 0.3) is 21.8 Å². The highest BCUT2D eigenvalue weighted by Crippen LogP contribution is 2.18. The van der Waals surface area contributed by atoms with Crippen LogP contribution in [0.5, 0.6) is 0 Å². The predicted molar refractivity (Wildman–Crippen MR) is 73.9 cm³/mol. The first-order chi connectivity index (χ1) is 7.93. The summed E-state index contributed by atoms with van der Waals surface area (Å²) in [5.41, 5.74) is 2.12. The third kappa shape index (κ3) is 2.09. The lowest BCUT2D eigenvalue weighted by atomic mass is 10.1. The van der Waals surface area contributed by atoms with Gasteiger partial charge < -0.3 is 0 Å². The molecule has 3 aromatic rings. The molecule has 0 saturated carbocycles. The number of pyridine rings is 1. The van der Waals surface area contributed by atoms with Gasteiger partial charge in [0.05, 0.1) is 11.0 Å². The van der Waals surface area contributed by atoms with Crippen molar-refractivity contribution < 1.29 is 0 Å². The Bertz CT molecular complexity index is 505. The molecule has 0 aliphatic heterocycles. The molecule has 1 nitrogen and oxygen atoms in total. The van der Waals surface area contributed by atoms with Crippen molar-refractivity contribution in [3.8, 4) is 0 Å². The molecule has 1 aromatic heterocycles. The molecule has 2 radical (unpaired) electrons. The molecule has 0 aliphatic rings. The summed E-state index contributed by atoms with van der Waals surface area (Å²) in [6.45, 7) is 4.31. The van der Waals surface area contributed by atoms with Crippen LogP contribution >= 0.6 is 15.8 Å². The number of para-hydroxylation sites is 2. The fourth-order valence-corrected chi connectivity index (χ4v) is 1.72. The number of aromatic nitrogens is 1. The summed E-state index contributed by atoms with van der Waals surface area (Å²) in [5.74, 6) is 0. The van der Waals surface area contributed by atoms with Crippen LogP contribution in [0.15, 0.2) is 54.6 Å². The minimum atomic E-state index is 1.06. The highest BCUT2D eigenvalue weighted by Gasteiger charge is 1.96. The maximum absolute atomic E-state index is 4.58. The second-order valence-corrected chi connectivity index (χ2v) is 3.37. The van der Waals surface area contributed by atoms with Crippen LogP contribution in [0.1, 0.15) is 0 Å². The number of rotatable bonds is 0. The van der Waals surface area contributed by atoms with Crippen LogP contribution in [-0.2, 0) is 0 Å². The fraction of sp³-hybridized carbons (Fsp3) is 0. The van der Waals surface area contributed by atoms with Crippen molar-refractivity contribution in [2.24, 2.45) is 0 Å². The molecule has 0 unspecified atom stereocenters. The highest BCUT2D eigenvalue weighted by atomic mass is 79.9. The average molecular weight is 270 g/mol. The van der Waals surface area contributed by atoms with Gasteiger partial charge in [-0.1, -0.05) is 36.4 Å². The molecule has 0 fully saturated rings. The van der Waals surface area contributed by atoms with E-state index in [2.05, 4.69) is 45.6 Å². The van der Waals surface area contributed by atoms with E-state index in [4.69, 9.17) is 0 Å². The standard InChI is InChI=1S/C13H9N.BBr/c1-3-7-12-10(5-1)9-11-6-2-4-8-13(11)14-12;1-2/h1-9H;. The van der Waals surface area contributed by atoms with E-state index in [9.17, 15) is 0 Å². The molecule has 1 heterocycles. The Labute approximate surface area is 104 Å². The Morgan fingerprint density at radius 2 is 1.19 bits per heavy atom. The first kappa shape index (κ1) is 11.1.